The van der Waals surface area contributed by atoms with Crippen molar-refractivity contribution in [2.24, 2.45) is 0 Å². The predicted octanol–water partition coefficient (Wildman–Crippen LogP) is 4.74. The van der Waals surface area contributed by atoms with Crippen LogP contribution in [0, 0.1) is 11.7 Å². The van der Waals surface area contributed by atoms with E-state index in [-0.39, 0.29) is 28.7 Å². The number of hydrogen-bond acceptors (Lipinski definition) is 4. The summed E-state index contributed by atoms with van der Waals surface area (Å²) in [4.78, 5) is 15.3. The molecule has 0 radical (unpaired) electrons. The number of furan rings is 1. The third-order valence-corrected chi connectivity index (χ3v) is 5.15. The van der Waals surface area contributed by atoms with E-state index in [0.29, 0.717) is 5.76 Å². The Kier molecular flexibility index (Phi) is 5.18. The van der Waals surface area contributed by atoms with Gasteiger partial charge in [-0.3, -0.25) is 14.3 Å². The fourth-order valence-electron chi connectivity index (χ4n) is 3.49. The van der Waals surface area contributed by atoms with Gasteiger partial charge in [0.1, 0.15) is 11.5 Å². The van der Waals surface area contributed by atoms with E-state index in [0.717, 1.165) is 16.9 Å². The lowest BCUT2D eigenvalue weighted by molar-refractivity contribution is 0.390. The fraction of sp³-hybridized carbons (Fsp3) is 0.130. The molecule has 2 aromatic carbocycles. The first-order chi connectivity index (χ1) is 14.0. The monoisotopic (exact) mass is 404 g/mol. The first-order valence-electron chi connectivity index (χ1n) is 9.26. The van der Waals surface area contributed by atoms with Crippen molar-refractivity contribution in [1.82, 2.24) is 9.55 Å². The number of aromatic amines is 1. The topological polar surface area (TPSA) is 71.2 Å². The Bertz CT molecular complexity index is 1200. The molecule has 0 saturated carbocycles. The highest BCUT2D eigenvalue weighted by Gasteiger charge is 2.23. The Balaban J connectivity index is 1.92. The highest BCUT2D eigenvalue weighted by molar-refractivity contribution is 7.71. The van der Waals surface area contributed by atoms with Crippen molar-refractivity contribution in [3.05, 3.63) is 116 Å². The van der Waals surface area contributed by atoms with Gasteiger partial charge < -0.3 is 9.52 Å². The summed E-state index contributed by atoms with van der Waals surface area (Å²) >= 11 is 5.46. The zero-order chi connectivity index (χ0) is 20.4. The summed E-state index contributed by atoms with van der Waals surface area (Å²) in [7, 11) is 0. The predicted molar refractivity (Wildman–Crippen MR) is 114 cm³/mol. The number of aromatic hydroxyl groups is 1. The van der Waals surface area contributed by atoms with Crippen molar-refractivity contribution in [2.75, 3.05) is 0 Å². The summed E-state index contributed by atoms with van der Waals surface area (Å²) < 4.78 is 7.34. The number of nitrogens with zero attached hydrogens (tertiary/aromatic N) is 1. The third-order valence-electron chi connectivity index (χ3n) is 4.85. The van der Waals surface area contributed by atoms with Gasteiger partial charge >= 0.3 is 0 Å². The second-order valence-corrected chi connectivity index (χ2v) is 7.23. The summed E-state index contributed by atoms with van der Waals surface area (Å²) in [6.07, 6.45) is 0.168. The quantitative estimate of drug-likeness (QED) is 0.471. The van der Waals surface area contributed by atoms with E-state index < -0.39 is 5.56 Å². The molecule has 2 aromatic heterocycles. The number of aryl methyl sites for hydroxylation is 1. The lowest BCUT2D eigenvalue weighted by atomic mass is 9.98. The maximum atomic E-state index is 12.6. The normalized spacial score (nSPS) is 11.1. The molecule has 0 aliphatic carbocycles. The average molecular weight is 404 g/mol. The van der Waals surface area contributed by atoms with E-state index in [4.69, 9.17) is 16.6 Å². The van der Waals surface area contributed by atoms with Crippen molar-refractivity contribution in [1.29, 1.82) is 0 Å². The summed E-state index contributed by atoms with van der Waals surface area (Å²) in [5.41, 5.74) is 1.68. The van der Waals surface area contributed by atoms with Gasteiger partial charge in [0.15, 0.2) is 4.77 Å². The zero-order valence-electron chi connectivity index (χ0n) is 15.8. The lowest BCUT2D eigenvalue weighted by Gasteiger charge is -2.24. The van der Waals surface area contributed by atoms with Crippen LogP contribution >= 0.6 is 12.2 Å². The molecule has 0 fully saturated rings. The summed E-state index contributed by atoms with van der Waals surface area (Å²) in [5.74, 6) is 1.18. The van der Waals surface area contributed by atoms with Gasteiger partial charge in [0.05, 0.1) is 11.6 Å². The molecule has 0 aliphatic rings. The molecular formula is C23H20N2O3S. The molecule has 0 bridgehead atoms. The molecule has 4 rings (SSSR count). The van der Waals surface area contributed by atoms with Gasteiger partial charge in [-0.2, -0.15) is 0 Å². The maximum Gasteiger partial charge on any atom is 0.259 e. The van der Waals surface area contributed by atoms with E-state index in [2.05, 4.69) is 4.98 Å². The molecular weight excluding hydrogens is 384 g/mol. The number of hydrogen-bond donors (Lipinski definition) is 2. The third kappa shape index (κ3) is 3.79. The smallest absolute Gasteiger partial charge is 0.259 e. The highest BCUT2D eigenvalue weighted by Crippen LogP contribution is 2.31. The molecule has 6 heteroatoms. The van der Waals surface area contributed by atoms with Crippen molar-refractivity contribution in [3.8, 4) is 5.88 Å². The minimum absolute atomic E-state index is 0.157. The molecule has 146 valence electrons. The first-order valence-corrected chi connectivity index (χ1v) is 9.67. The number of nitrogens with one attached hydrogen (secondary N) is 1. The van der Waals surface area contributed by atoms with Crippen LogP contribution in [-0.4, -0.2) is 14.7 Å². The number of benzene rings is 2. The van der Waals surface area contributed by atoms with Crippen LogP contribution in [0.1, 0.15) is 34.3 Å². The van der Waals surface area contributed by atoms with Crippen molar-refractivity contribution >= 4 is 12.2 Å². The Labute approximate surface area is 172 Å². The van der Waals surface area contributed by atoms with Crippen LogP contribution < -0.4 is 5.56 Å². The Morgan fingerprint density at radius 2 is 1.59 bits per heavy atom. The minimum Gasteiger partial charge on any atom is -0.494 e. The van der Waals surface area contributed by atoms with Crippen molar-refractivity contribution in [3.63, 3.8) is 0 Å². The van der Waals surface area contributed by atoms with Crippen LogP contribution in [0.5, 0.6) is 5.88 Å². The molecule has 4 aromatic rings. The number of aromatic nitrogens is 2. The molecule has 0 unspecified atom stereocenters. The Morgan fingerprint density at radius 3 is 2.10 bits per heavy atom. The largest absolute Gasteiger partial charge is 0.494 e. The maximum absolute atomic E-state index is 12.6. The van der Waals surface area contributed by atoms with Gasteiger partial charge in [-0.25, -0.2) is 0 Å². The molecule has 0 atom stereocenters. The Hall–Kier alpha value is -3.38. The van der Waals surface area contributed by atoms with Gasteiger partial charge in [-0.1, -0.05) is 60.7 Å². The van der Waals surface area contributed by atoms with E-state index in [1.54, 1.807) is 10.6 Å². The van der Waals surface area contributed by atoms with E-state index in [9.17, 15) is 9.90 Å². The summed E-state index contributed by atoms with van der Waals surface area (Å²) in [6, 6.07) is 22.7. The lowest BCUT2D eigenvalue weighted by Crippen LogP contribution is -2.23. The number of H-pyrrole nitrogens is 1. The van der Waals surface area contributed by atoms with Crippen LogP contribution in [0.4, 0.5) is 0 Å². The molecule has 0 saturated heterocycles. The number of rotatable bonds is 5. The van der Waals surface area contributed by atoms with Gasteiger partial charge in [0.2, 0.25) is 5.88 Å². The molecule has 0 aliphatic heterocycles. The molecule has 5 nitrogen and oxygen atoms in total. The van der Waals surface area contributed by atoms with Gasteiger partial charge in [-0.15, -0.1) is 0 Å². The molecule has 0 spiro atoms. The molecule has 29 heavy (non-hydrogen) atoms. The summed E-state index contributed by atoms with van der Waals surface area (Å²) in [5, 5.41) is 11.1. The van der Waals surface area contributed by atoms with Crippen molar-refractivity contribution in [2.45, 2.75) is 19.4 Å². The van der Waals surface area contributed by atoms with E-state index in [1.807, 2.05) is 73.7 Å². The standard InChI is InChI=1S/C23H20N2O3S/c1-15-12-13-18(28-15)14-19-21(26)24-23(29)25(22(19)27)20(16-8-4-2-5-9-16)17-10-6-3-7-11-17/h2-13,20,27H,14H2,1H3,(H,24,26,29). The van der Waals surface area contributed by atoms with Gasteiger partial charge in [0, 0.05) is 6.42 Å². The van der Waals surface area contributed by atoms with Gasteiger partial charge in [0.25, 0.3) is 5.56 Å². The van der Waals surface area contributed by atoms with Crippen LogP contribution in [-0.2, 0) is 6.42 Å². The first kappa shape index (κ1) is 19.0. The second-order valence-electron chi connectivity index (χ2n) is 6.84. The van der Waals surface area contributed by atoms with Crippen LogP contribution in [0.25, 0.3) is 0 Å². The van der Waals surface area contributed by atoms with E-state index >= 15 is 0 Å². The molecule has 2 heterocycles. The van der Waals surface area contributed by atoms with Crippen LogP contribution in [0.3, 0.4) is 0 Å². The van der Waals surface area contributed by atoms with E-state index in [1.165, 1.54) is 0 Å². The Morgan fingerprint density at radius 1 is 1.00 bits per heavy atom. The molecule has 2 N–H and O–H groups in total. The minimum atomic E-state index is -0.419. The summed E-state index contributed by atoms with van der Waals surface area (Å²) in [6.45, 7) is 1.83. The van der Waals surface area contributed by atoms with Crippen molar-refractivity contribution < 1.29 is 9.52 Å². The zero-order valence-corrected chi connectivity index (χ0v) is 16.6. The highest BCUT2D eigenvalue weighted by atomic mass is 32.1. The SMILES string of the molecule is Cc1ccc(Cc2c(O)n(C(c3ccccc3)c3ccccc3)c(=S)[nH]c2=O)o1. The van der Waals surface area contributed by atoms with Gasteiger partial charge in [-0.05, 0) is 42.4 Å². The van der Waals surface area contributed by atoms with Crippen LogP contribution in [0.15, 0.2) is 82.0 Å². The fourth-order valence-corrected chi connectivity index (χ4v) is 3.77. The second kappa shape index (κ2) is 7.93. The average Bonchev–Trinajstić information content (AvgIpc) is 3.14. The van der Waals surface area contributed by atoms with Crippen LogP contribution in [0.2, 0.25) is 0 Å². The molecule has 0 amide bonds.